The number of furan rings is 1. The van der Waals surface area contributed by atoms with Gasteiger partial charge in [-0.05, 0) is 30.7 Å². The predicted molar refractivity (Wildman–Crippen MR) is 91.5 cm³/mol. The molecule has 0 atom stereocenters. The molecule has 2 aromatic rings. The summed E-state index contributed by atoms with van der Waals surface area (Å²) in [5.74, 6) is 1.64. The minimum atomic E-state index is -0.00528. The third kappa shape index (κ3) is 4.75. The van der Waals surface area contributed by atoms with E-state index in [2.05, 4.69) is 46.5 Å². The van der Waals surface area contributed by atoms with Crippen molar-refractivity contribution in [1.82, 2.24) is 4.98 Å². The molecule has 0 unspecified atom stereocenters. The number of nitrogens with zero attached hydrogens (tertiary/aromatic N) is 1. The molecule has 0 aliphatic rings. The van der Waals surface area contributed by atoms with E-state index in [1.165, 1.54) is 12.8 Å². The second-order valence-electron chi connectivity index (χ2n) is 8.26. The van der Waals surface area contributed by atoms with Crippen molar-refractivity contribution >= 4 is 11.1 Å². The molecule has 0 bridgehead atoms. The molecule has 3 heteroatoms. The molecule has 0 aromatic carbocycles. The van der Waals surface area contributed by atoms with E-state index in [4.69, 9.17) is 9.15 Å². The molecule has 0 aliphatic heterocycles. The lowest BCUT2D eigenvalue weighted by atomic mass is 9.90. The van der Waals surface area contributed by atoms with Gasteiger partial charge in [0.1, 0.15) is 11.3 Å². The summed E-state index contributed by atoms with van der Waals surface area (Å²) in [6, 6.07) is 5.85. The number of hydrogen-bond donors (Lipinski definition) is 0. The van der Waals surface area contributed by atoms with E-state index in [1.54, 1.807) is 0 Å². The van der Waals surface area contributed by atoms with Crippen LogP contribution in [0.2, 0.25) is 0 Å². The number of fused-ring (bicyclic) bond motifs is 1. The van der Waals surface area contributed by atoms with E-state index in [9.17, 15) is 0 Å². The summed E-state index contributed by atoms with van der Waals surface area (Å²) < 4.78 is 11.6. The second kappa shape index (κ2) is 6.31. The van der Waals surface area contributed by atoms with E-state index in [-0.39, 0.29) is 5.41 Å². The normalized spacial score (nSPS) is 12.8. The third-order valence-corrected chi connectivity index (χ3v) is 3.66. The number of rotatable bonds is 5. The van der Waals surface area contributed by atoms with E-state index >= 15 is 0 Å². The lowest BCUT2D eigenvalue weighted by Crippen LogP contribution is -2.08. The zero-order valence-electron chi connectivity index (χ0n) is 14.8. The van der Waals surface area contributed by atoms with Crippen molar-refractivity contribution < 1.29 is 9.15 Å². The monoisotopic (exact) mass is 303 g/mol. The minimum Gasteiger partial charge on any atom is -0.478 e. The molecule has 0 spiro atoms. The molecule has 22 heavy (non-hydrogen) atoms. The molecule has 0 fully saturated rings. The molecule has 2 aromatic heterocycles. The minimum absolute atomic E-state index is 0.00528. The Morgan fingerprint density at radius 1 is 1.05 bits per heavy atom. The van der Waals surface area contributed by atoms with Crippen LogP contribution >= 0.6 is 0 Å². The van der Waals surface area contributed by atoms with Gasteiger partial charge < -0.3 is 9.15 Å². The van der Waals surface area contributed by atoms with E-state index < -0.39 is 0 Å². The van der Waals surface area contributed by atoms with Gasteiger partial charge in [0.25, 0.3) is 0 Å². The Hall–Kier alpha value is -1.51. The van der Waals surface area contributed by atoms with Crippen LogP contribution in [0.3, 0.4) is 0 Å². The maximum absolute atomic E-state index is 5.85. The maximum Gasteiger partial charge on any atom is 0.214 e. The SMILES string of the molecule is CC(C)(C)CCCCOc1ccc2oc(C(C)(C)C)cc2n1. The van der Waals surface area contributed by atoms with Crippen molar-refractivity contribution in [2.75, 3.05) is 6.61 Å². The van der Waals surface area contributed by atoms with Gasteiger partial charge in [-0.3, -0.25) is 0 Å². The fourth-order valence-corrected chi connectivity index (χ4v) is 2.29. The molecule has 2 rings (SSSR count). The number of ether oxygens (including phenoxy) is 1. The molecule has 0 amide bonds. The van der Waals surface area contributed by atoms with Crippen molar-refractivity contribution in [2.45, 2.75) is 66.2 Å². The Kier molecular flexibility index (Phi) is 4.84. The van der Waals surface area contributed by atoms with Crippen molar-refractivity contribution in [3.63, 3.8) is 0 Å². The van der Waals surface area contributed by atoms with Crippen LogP contribution in [0.1, 0.15) is 66.6 Å². The lowest BCUT2D eigenvalue weighted by Gasteiger charge is -2.17. The summed E-state index contributed by atoms with van der Waals surface area (Å²) >= 11 is 0. The van der Waals surface area contributed by atoms with Gasteiger partial charge in [0.05, 0.1) is 6.61 Å². The van der Waals surface area contributed by atoms with Crippen LogP contribution in [0.5, 0.6) is 5.88 Å². The molecule has 2 heterocycles. The van der Waals surface area contributed by atoms with Crippen molar-refractivity contribution in [3.8, 4) is 5.88 Å². The Balaban J connectivity index is 1.93. The van der Waals surface area contributed by atoms with Gasteiger partial charge in [-0.2, -0.15) is 0 Å². The Bertz CT molecular complexity index is 614. The Labute approximate surface area is 134 Å². The Morgan fingerprint density at radius 3 is 2.41 bits per heavy atom. The van der Waals surface area contributed by atoms with Crippen LogP contribution in [0.4, 0.5) is 0 Å². The zero-order chi connectivity index (χ0) is 16.4. The molecule has 0 saturated heterocycles. The highest BCUT2D eigenvalue weighted by atomic mass is 16.5. The highest BCUT2D eigenvalue weighted by molar-refractivity contribution is 5.74. The van der Waals surface area contributed by atoms with Crippen LogP contribution in [0.15, 0.2) is 22.6 Å². The van der Waals surface area contributed by atoms with Crippen LogP contribution in [-0.2, 0) is 5.41 Å². The molecule has 0 saturated carbocycles. The lowest BCUT2D eigenvalue weighted by molar-refractivity contribution is 0.278. The van der Waals surface area contributed by atoms with Gasteiger partial charge in [0.15, 0.2) is 5.58 Å². The van der Waals surface area contributed by atoms with Crippen LogP contribution in [-0.4, -0.2) is 11.6 Å². The van der Waals surface area contributed by atoms with Gasteiger partial charge in [-0.15, -0.1) is 0 Å². The summed E-state index contributed by atoms with van der Waals surface area (Å²) in [6.07, 6.45) is 3.47. The van der Waals surface area contributed by atoms with Gasteiger partial charge in [-0.1, -0.05) is 41.5 Å². The summed E-state index contributed by atoms with van der Waals surface area (Å²) in [4.78, 5) is 4.54. The number of pyridine rings is 1. The average molecular weight is 303 g/mol. The predicted octanol–water partition coefficient (Wildman–Crippen LogP) is 5.72. The first-order valence-electron chi connectivity index (χ1n) is 8.19. The van der Waals surface area contributed by atoms with Gasteiger partial charge >= 0.3 is 0 Å². The van der Waals surface area contributed by atoms with Crippen LogP contribution in [0, 0.1) is 5.41 Å². The number of unbranched alkanes of at least 4 members (excludes halogenated alkanes) is 1. The van der Waals surface area contributed by atoms with Crippen LogP contribution < -0.4 is 4.74 Å². The summed E-state index contributed by atoms with van der Waals surface area (Å²) in [6.45, 7) is 13.9. The first-order valence-corrected chi connectivity index (χ1v) is 8.19. The smallest absolute Gasteiger partial charge is 0.214 e. The fourth-order valence-electron chi connectivity index (χ4n) is 2.29. The highest BCUT2D eigenvalue weighted by Gasteiger charge is 2.19. The average Bonchev–Trinajstić information content (AvgIpc) is 2.80. The summed E-state index contributed by atoms with van der Waals surface area (Å²) in [5, 5.41) is 0. The zero-order valence-corrected chi connectivity index (χ0v) is 14.8. The maximum atomic E-state index is 5.85. The van der Waals surface area contributed by atoms with Crippen LogP contribution in [0.25, 0.3) is 11.1 Å². The molecular weight excluding hydrogens is 274 g/mol. The highest BCUT2D eigenvalue weighted by Crippen LogP contribution is 2.29. The quantitative estimate of drug-likeness (QED) is 0.662. The standard InChI is InChI=1S/C19H29NO2/c1-18(2,3)11-7-8-12-21-17-10-9-15-14(20-17)13-16(22-15)19(4,5)6/h9-10,13H,7-8,11-12H2,1-6H3. The van der Waals surface area contributed by atoms with Gasteiger partial charge in [0.2, 0.25) is 5.88 Å². The Morgan fingerprint density at radius 2 is 1.77 bits per heavy atom. The first kappa shape index (κ1) is 16.9. The number of aromatic nitrogens is 1. The van der Waals surface area contributed by atoms with Gasteiger partial charge in [0, 0.05) is 17.5 Å². The second-order valence-corrected chi connectivity index (χ2v) is 8.26. The summed E-state index contributed by atoms with van der Waals surface area (Å²) in [7, 11) is 0. The molecule has 0 N–H and O–H groups in total. The van der Waals surface area contributed by atoms with E-state index in [1.807, 2.05) is 18.2 Å². The number of hydrogen-bond acceptors (Lipinski definition) is 3. The first-order chi connectivity index (χ1) is 10.1. The topological polar surface area (TPSA) is 35.3 Å². The molecular formula is C19H29NO2. The van der Waals surface area contributed by atoms with Crippen molar-refractivity contribution in [2.24, 2.45) is 5.41 Å². The van der Waals surface area contributed by atoms with Gasteiger partial charge in [-0.25, -0.2) is 4.98 Å². The summed E-state index contributed by atoms with van der Waals surface area (Å²) in [5.41, 5.74) is 2.09. The molecule has 122 valence electrons. The van der Waals surface area contributed by atoms with E-state index in [0.717, 1.165) is 29.9 Å². The van der Waals surface area contributed by atoms with E-state index in [0.29, 0.717) is 11.3 Å². The largest absolute Gasteiger partial charge is 0.478 e. The fraction of sp³-hybridized carbons (Fsp3) is 0.632. The molecule has 0 aliphatic carbocycles. The third-order valence-electron chi connectivity index (χ3n) is 3.66. The molecule has 3 nitrogen and oxygen atoms in total. The molecule has 0 radical (unpaired) electrons. The van der Waals surface area contributed by atoms with Crippen molar-refractivity contribution in [3.05, 3.63) is 24.0 Å². The van der Waals surface area contributed by atoms with Crippen molar-refractivity contribution in [1.29, 1.82) is 0 Å².